The van der Waals surface area contributed by atoms with E-state index in [1.165, 1.54) is 6.42 Å². The highest BCUT2D eigenvalue weighted by molar-refractivity contribution is 5.74. The van der Waals surface area contributed by atoms with Gasteiger partial charge in [0.15, 0.2) is 0 Å². The van der Waals surface area contributed by atoms with Crippen molar-refractivity contribution in [1.82, 2.24) is 10.2 Å². The maximum Gasteiger partial charge on any atom is 0.317 e. The molecule has 0 aromatic rings. The van der Waals surface area contributed by atoms with Crippen molar-refractivity contribution in [3.63, 3.8) is 0 Å². The maximum atomic E-state index is 11.9. The molecule has 0 aromatic heterocycles. The third kappa shape index (κ3) is 4.48. The predicted molar refractivity (Wildman–Crippen MR) is 73.6 cm³/mol. The molecule has 1 aliphatic carbocycles. The maximum absolute atomic E-state index is 11.9. The Kier molecular flexibility index (Phi) is 5.45. The van der Waals surface area contributed by atoms with Crippen molar-refractivity contribution in [2.45, 2.75) is 46.1 Å². The zero-order valence-corrected chi connectivity index (χ0v) is 12.5. The molecule has 1 fully saturated rings. The number of hydrogen-bond donors (Lipinski definition) is 1. The van der Waals surface area contributed by atoms with Crippen LogP contribution in [-0.4, -0.2) is 44.3 Å². The minimum atomic E-state index is 0.0200. The van der Waals surface area contributed by atoms with E-state index in [0.717, 1.165) is 12.8 Å². The lowest BCUT2D eigenvalue weighted by Gasteiger charge is -2.27. The molecule has 1 N–H and O–H groups in total. The van der Waals surface area contributed by atoms with Gasteiger partial charge in [-0.15, -0.1) is 0 Å². The Hall–Kier alpha value is -0.770. The van der Waals surface area contributed by atoms with E-state index in [1.54, 1.807) is 12.0 Å². The van der Waals surface area contributed by atoms with Crippen LogP contribution in [0.3, 0.4) is 0 Å². The van der Waals surface area contributed by atoms with Gasteiger partial charge in [-0.1, -0.05) is 20.8 Å². The molecule has 1 rings (SSSR count). The lowest BCUT2D eigenvalue weighted by molar-refractivity contribution is 0.157. The Morgan fingerprint density at radius 2 is 2.06 bits per heavy atom. The SMILES string of the molecule is COCCN(C)C(=O)NC1CCC(C(C)(C)C)C1. The number of likely N-dealkylation sites (N-methyl/N-ethyl adjacent to an activating group) is 1. The van der Waals surface area contributed by atoms with Crippen LogP contribution in [0.25, 0.3) is 0 Å². The van der Waals surface area contributed by atoms with Gasteiger partial charge >= 0.3 is 6.03 Å². The Balaban J connectivity index is 2.34. The van der Waals surface area contributed by atoms with Gasteiger partial charge in [0.25, 0.3) is 0 Å². The van der Waals surface area contributed by atoms with E-state index < -0.39 is 0 Å². The number of nitrogens with zero attached hydrogens (tertiary/aromatic N) is 1. The molecule has 1 aliphatic rings. The second-order valence-corrected chi connectivity index (χ2v) is 6.44. The molecular formula is C14H28N2O2. The van der Waals surface area contributed by atoms with E-state index in [1.807, 2.05) is 7.05 Å². The lowest BCUT2D eigenvalue weighted by atomic mass is 9.80. The fourth-order valence-corrected chi connectivity index (χ4v) is 2.51. The van der Waals surface area contributed by atoms with E-state index in [0.29, 0.717) is 30.5 Å². The quantitative estimate of drug-likeness (QED) is 0.839. The van der Waals surface area contributed by atoms with Gasteiger partial charge in [0, 0.05) is 26.7 Å². The summed E-state index contributed by atoms with van der Waals surface area (Å²) < 4.78 is 4.97. The van der Waals surface area contributed by atoms with Crippen molar-refractivity contribution >= 4 is 6.03 Å². The molecule has 106 valence electrons. The first-order chi connectivity index (χ1) is 8.34. The van der Waals surface area contributed by atoms with Crippen molar-refractivity contribution in [3.8, 4) is 0 Å². The average Bonchev–Trinajstić information content (AvgIpc) is 2.73. The third-order valence-electron chi connectivity index (χ3n) is 3.96. The molecule has 0 bridgehead atoms. The minimum Gasteiger partial charge on any atom is -0.383 e. The molecule has 1 saturated carbocycles. The van der Waals surface area contributed by atoms with Crippen molar-refractivity contribution < 1.29 is 9.53 Å². The van der Waals surface area contributed by atoms with Crippen LogP contribution in [0.2, 0.25) is 0 Å². The molecular weight excluding hydrogens is 228 g/mol. The molecule has 0 aliphatic heterocycles. The smallest absolute Gasteiger partial charge is 0.317 e. The molecule has 0 spiro atoms. The number of carbonyl (C=O) groups excluding carboxylic acids is 1. The Labute approximate surface area is 111 Å². The van der Waals surface area contributed by atoms with Crippen molar-refractivity contribution in [2.24, 2.45) is 11.3 Å². The van der Waals surface area contributed by atoms with Crippen molar-refractivity contribution in [2.75, 3.05) is 27.3 Å². The molecule has 4 nitrogen and oxygen atoms in total. The van der Waals surface area contributed by atoms with Crippen LogP contribution in [0.4, 0.5) is 4.79 Å². The average molecular weight is 256 g/mol. The van der Waals surface area contributed by atoms with Crippen LogP contribution in [0.5, 0.6) is 0 Å². The zero-order valence-electron chi connectivity index (χ0n) is 12.5. The molecule has 4 heteroatoms. The summed E-state index contributed by atoms with van der Waals surface area (Å²) in [7, 11) is 3.46. The fourth-order valence-electron chi connectivity index (χ4n) is 2.51. The molecule has 0 radical (unpaired) electrons. The van der Waals surface area contributed by atoms with E-state index in [9.17, 15) is 4.79 Å². The van der Waals surface area contributed by atoms with Gasteiger partial charge in [0.2, 0.25) is 0 Å². The van der Waals surface area contributed by atoms with Gasteiger partial charge in [-0.05, 0) is 30.6 Å². The number of hydrogen-bond acceptors (Lipinski definition) is 2. The summed E-state index contributed by atoms with van der Waals surface area (Å²) in [5.74, 6) is 0.715. The van der Waals surface area contributed by atoms with Crippen LogP contribution in [0, 0.1) is 11.3 Å². The van der Waals surface area contributed by atoms with E-state index in [4.69, 9.17) is 4.74 Å². The largest absolute Gasteiger partial charge is 0.383 e. The van der Waals surface area contributed by atoms with Crippen LogP contribution in [0.15, 0.2) is 0 Å². The Bertz CT molecular complexity index is 273. The Morgan fingerprint density at radius 3 is 2.56 bits per heavy atom. The summed E-state index contributed by atoms with van der Waals surface area (Å²) in [6.45, 7) is 8.07. The summed E-state index contributed by atoms with van der Waals surface area (Å²) in [4.78, 5) is 13.6. The third-order valence-corrected chi connectivity index (χ3v) is 3.96. The van der Waals surface area contributed by atoms with E-state index >= 15 is 0 Å². The first-order valence-corrected chi connectivity index (χ1v) is 6.85. The molecule has 0 saturated heterocycles. The first-order valence-electron chi connectivity index (χ1n) is 6.85. The molecule has 2 unspecified atom stereocenters. The van der Waals surface area contributed by atoms with Crippen molar-refractivity contribution in [3.05, 3.63) is 0 Å². The fraction of sp³-hybridized carbons (Fsp3) is 0.929. The summed E-state index contributed by atoms with van der Waals surface area (Å²) in [5, 5.41) is 3.12. The number of rotatable bonds is 4. The molecule has 18 heavy (non-hydrogen) atoms. The first kappa shape index (κ1) is 15.3. The second kappa shape index (κ2) is 6.41. The van der Waals surface area contributed by atoms with Crippen LogP contribution in [-0.2, 0) is 4.74 Å². The Morgan fingerprint density at radius 1 is 1.39 bits per heavy atom. The number of carbonyl (C=O) groups is 1. The number of methoxy groups -OCH3 is 1. The topological polar surface area (TPSA) is 41.6 Å². The number of nitrogens with one attached hydrogen (secondary N) is 1. The standard InChI is InChI=1S/C14H28N2O2/c1-14(2,3)11-6-7-12(10-11)15-13(17)16(4)8-9-18-5/h11-12H,6-10H2,1-5H3,(H,15,17). The van der Waals surface area contributed by atoms with Gasteiger partial charge in [-0.2, -0.15) is 0 Å². The van der Waals surface area contributed by atoms with Gasteiger partial charge < -0.3 is 15.0 Å². The molecule has 0 aromatic carbocycles. The van der Waals surface area contributed by atoms with Crippen LogP contribution >= 0.6 is 0 Å². The number of ether oxygens (including phenoxy) is 1. The number of urea groups is 1. The summed E-state index contributed by atoms with van der Waals surface area (Å²) in [6, 6.07) is 0.360. The lowest BCUT2D eigenvalue weighted by Crippen LogP contribution is -2.43. The van der Waals surface area contributed by atoms with Crippen LogP contribution in [0.1, 0.15) is 40.0 Å². The summed E-state index contributed by atoms with van der Waals surface area (Å²) in [5.41, 5.74) is 0.349. The normalized spacial score (nSPS) is 24.1. The van der Waals surface area contributed by atoms with Gasteiger partial charge in [-0.3, -0.25) is 0 Å². The molecule has 0 heterocycles. The van der Waals surface area contributed by atoms with Gasteiger partial charge in [0.05, 0.1) is 6.61 Å². The molecule has 2 amide bonds. The minimum absolute atomic E-state index is 0.0200. The summed E-state index contributed by atoms with van der Waals surface area (Å²) in [6.07, 6.45) is 3.43. The highest BCUT2D eigenvalue weighted by Gasteiger charge is 2.33. The molecule has 2 atom stereocenters. The summed E-state index contributed by atoms with van der Waals surface area (Å²) >= 11 is 0. The van der Waals surface area contributed by atoms with Crippen LogP contribution < -0.4 is 5.32 Å². The van der Waals surface area contributed by atoms with Crippen molar-refractivity contribution in [1.29, 1.82) is 0 Å². The van der Waals surface area contributed by atoms with Gasteiger partial charge in [0.1, 0.15) is 0 Å². The highest BCUT2D eigenvalue weighted by Crippen LogP contribution is 2.39. The monoisotopic (exact) mass is 256 g/mol. The van der Waals surface area contributed by atoms with Gasteiger partial charge in [-0.25, -0.2) is 4.79 Å². The highest BCUT2D eigenvalue weighted by atomic mass is 16.5. The van der Waals surface area contributed by atoms with E-state index in [2.05, 4.69) is 26.1 Å². The number of amides is 2. The zero-order chi connectivity index (χ0) is 13.8. The second-order valence-electron chi connectivity index (χ2n) is 6.44. The van der Waals surface area contributed by atoms with E-state index in [-0.39, 0.29) is 6.03 Å². The predicted octanol–water partition coefficient (Wildman–Crippen LogP) is 2.49.